The van der Waals surface area contributed by atoms with Gasteiger partial charge in [0.05, 0.1) is 35.0 Å². The molecule has 1 aromatic heterocycles. The molecule has 0 unspecified atom stereocenters. The molecule has 0 amide bonds. The highest BCUT2D eigenvalue weighted by molar-refractivity contribution is 6.05. The Morgan fingerprint density at radius 1 is 1.08 bits per heavy atom. The van der Waals surface area contributed by atoms with E-state index in [1.54, 1.807) is 17.2 Å². The molecule has 26 heavy (non-hydrogen) atoms. The first-order chi connectivity index (χ1) is 12.6. The van der Waals surface area contributed by atoms with Crippen LogP contribution in [0.2, 0.25) is 0 Å². The van der Waals surface area contributed by atoms with E-state index in [9.17, 15) is 4.79 Å². The zero-order valence-corrected chi connectivity index (χ0v) is 14.5. The molecule has 0 saturated heterocycles. The smallest absolute Gasteiger partial charge is 0.258 e. The van der Waals surface area contributed by atoms with Gasteiger partial charge in [-0.25, -0.2) is 0 Å². The van der Waals surface area contributed by atoms with Gasteiger partial charge in [0.15, 0.2) is 0 Å². The monoisotopic (exact) mass is 343 g/mol. The molecule has 128 valence electrons. The SMILES string of the molecule is C/C(=N\c1cc(-n2nccn2)ccc1C)c1c2cccccc-2[nH]c1=O. The van der Waals surface area contributed by atoms with E-state index >= 15 is 0 Å². The van der Waals surface area contributed by atoms with Crippen molar-refractivity contribution in [2.45, 2.75) is 13.8 Å². The van der Waals surface area contributed by atoms with Crippen molar-refractivity contribution in [3.63, 3.8) is 0 Å². The molecule has 0 radical (unpaired) electrons. The Hall–Kier alpha value is -3.54. The van der Waals surface area contributed by atoms with Crippen LogP contribution in [0.25, 0.3) is 16.9 Å². The lowest BCUT2D eigenvalue weighted by Crippen LogP contribution is -2.10. The molecule has 6 heteroatoms. The van der Waals surface area contributed by atoms with E-state index in [4.69, 9.17) is 4.99 Å². The number of aromatic nitrogens is 4. The zero-order valence-electron chi connectivity index (χ0n) is 14.5. The molecule has 0 atom stereocenters. The summed E-state index contributed by atoms with van der Waals surface area (Å²) in [6.45, 7) is 3.84. The number of fused-ring (bicyclic) bond motifs is 1. The fourth-order valence-electron chi connectivity index (χ4n) is 2.97. The molecule has 2 aromatic rings. The third-order valence-electron chi connectivity index (χ3n) is 4.28. The molecule has 4 rings (SSSR count). The predicted octanol–water partition coefficient (Wildman–Crippen LogP) is 3.51. The van der Waals surface area contributed by atoms with Crippen molar-refractivity contribution in [3.8, 4) is 16.9 Å². The van der Waals surface area contributed by atoms with Gasteiger partial charge >= 0.3 is 0 Å². The minimum atomic E-state index is -0.130. The topological polar surface area (TPSA) is 75.9 Å². The number of aromatic amines is 1. The minimum Gasteiger partial charge on any atom is -0.321 e. The molecule has 1 aliphatic carbocycles. The number of H-pyrrole nitrogens is 1. The average molecular weight is 343 g/mol. The van der Waals surface area contributed by atoms with Gasteiger partial charge in [-0.15, -0.1) is 0 Å². The van der Waals surface area contributed by atoms with Crippen LogP contribution in [0, 0.1) is 6.92 Å². The van der Waals surface area contributed by atoms with Crippen LogP contribution in [0.15, 0.2) is 70.7 Å². The summed E-state index contributed by atoms with van der Waals surface area (Å²) >= 11 is 0. The van der Waals surface area contributed by atoms with E-state index in [0.717, 1.165) is 28.2 Å². The first kappa shape index (κ1) is 16.0. The fraction of sp³-hybridized carbons (Fsp3) is 0.100. The van der Waals surface area contributed by atoms with E-state index in [-0.39, 0.29) is 5.56 Å². The number of benzene rings is 1. The molecule has 0 bridgehead atoms. The van der Waals surface area contributed by atoms with Crippen LogP contribution < -0.4 is 5.56 Å². The zero-order chi connectivity index (χ0) is 18.1. The van der Waals surface area contributed by atoms with Crippen molar-refractivity contribution in [2.75, 3.05) is 0 Å². The molecule has 0 fully saturated rings. The van der Waals surface area contributed by atoms with Crippen molar-refractivity contribution >= 4 is 11.4 Å². The standard InChI is InChI=1S/C20H17N5O/c1-13-8-9-15(25-21-10-11-22-25)12-18(13)23-14(2)19-16-6-4-3-5-7-17(16)24-20(19)26/h3-12H,1-2H3,(H,24,26)/b23-14+. The van der Waals surface area contributed by atoms with Crippen LogP contribution in [-0.4, -0.2) is 25.7 Å². The van der Waals surface area contributed by atoms with Gasteiger partial charge in [0.1, 0.15) is 0 Å². The largest absolute Gasteiger partial charge is 0.321 e. The van der Waals surface area contributed by atoms with Gasteiger partial charge in [0, 0.05) is 11.3 Å². The number of rotatable bonds is 3. The second kappa shape index (κ2) is 6.40. The van der Waals surface area contributed by atoms with E-state index in [0.29, 0.717) is 11.3 Å². The minimum absolute atomic E-state index is 0.130. The first-order valence-electron chi connectivity index (χ1n) is 8.27. The van der Waals surface area contributed by atoms with Crippen molar-refractivity contribution in [1.29, 1.82) is 0 Å². The second-order valence-corrected chi connectivity index (χ2v) is 6.05. The lowest BCUT2D eigenvalue weighted by atomic mass is 10.1. The summed E-state index contributed by atoms with van der Waals surface area (Å²) in [5.41, 5.74) is 5.41. The van der Waals surface area contributed by atoms with Crippen LogP contribution in [0.5, 0.6) is 0 Å². The summed E-state index contributed by atoms with van der Waals surface area (Å²) in [4.78, 5) is 21.6. The summed E-state index contributed by atoms with van der Waals surface area (Å²) in [7, 11) is 0. The summed E-state index contributed by atoms with van der Waals surface area (Å²) in [5.74, 6) is 0. The van der Waals surface area contributed by atoms with Gasteiger partial charge in [-0.2, -0.15) is 15.0 Å². The Morgan fingerprint density at radius 2 is 1.85 bits per heavy atom. The van der Waals surface area contributed by atoms with Crippen LogP contribution in [-0.2, 0) is 0 Å². The van der Waals surface area contributed by atoms with E-state index in [1.165, 1.54) is 0 Å². The number of nitrogens with one attached hydrogen (secondary N) is 1. The lowest BCUT2D eigenvalue weighted by molar-refractivity contribution is 0.752. The number of hydrogen-bond acceptors (Lipinski definition) is 4. The van der Waals surface area contributed by atoms with Crippen LogP contribution in [0.4, 0.5) is 5.69 Å². The Labute approximate surface area is 150 Å². The van der Waals surface area contributed by atoms with Crippen LogP contribution in [0.3, 0.4) is 0 Å². The van der Waals surface area contributed by atoms with Gasteiger partial charge < -0.3 is 4.98 Å². The maximum atomic E-state index is 12.5. The lowest BCUT2D eigenvalue weighted by Gasteiger charge is -2.06. The van der Waals surface area contributed by atoms with Crippen LogP contribution in [0.1, 0.15) is 18.1 Å². The molecule has 2 heterocycles. The van der Waals surface area contributed by atoms with Gasteiger partial charge in [-0.3, -0.25) is 9.79 Å². The quantitative estimate of drug-likeness (QED) is 0.578. The normalized spacial score (nSPS) is 11.8. The number of nitrogens with zero attached hydrogens (tertiary/aromatic N) is 4. The molecule has 6 nitrogen and oxygen atoms in total. The molecule has 2 aliphatic rings. The first-order valence-corrected chi connectivity index (χ1v) is 8.27. The van der Waals surface area contributed by atoms with Crippen molar-refractivity contribution < 1.29 is 0 Å². The number of aliphatic imine (C=N–C) groups is 1. The molecule has 0 spiro atoms. The summed E-state index contributed by atoms with van der Waals surface area (Å²) in [6, 6.07) is 15.4. The highest BCUT2D eigenvalue weighted by Crippen LogP contribution is 2.25. The molecular weight excluding hydrogens is 326 g/mol. The third-order valence-corrected chi connectivity index (χ3v) is 4.28. The Bertz CT molecular complexity index is 1130. The van der Waals surface area contributed by atoms with Gasteiger partial charge in [0.2, 0.25) is 0 Å². The van der Waals surface area contributed by atoms with Gasteiger partial charge in [0.25, 0.3) is 5.56 Å². The Kier molecular flexibility index (Phi) is 3.93. The van der Waals surface area contributed by atoms with Crippen molar-refractivity contribution in [3.05, 3.63) is 82.4 Å². The number of hydrogen-bond donors (Lipinski definition) is 1. The van der Waals surface area contributed by atoms with Crippen molar-refractivity contribution in [1.82, 2.24) is 20.0 Å². The predicted molar refractivity (Wildman–Crippen MR) is 102 cm³/mol. The Balaban J connectivity index is 1.82. The molecule has 1 aromatic carbocycles. The molecular formula is C20H17N5O. The highest BCUT2D eigenvalue weighted by Gasteiger charge is 2.16. The molecule has 0 saturated carbocycles. The summed E-state index contributed by atoms with van der Waals surface area (Å²) < 4.78 is 0. The van der Waals surface area contributed by atoms with Gasteiger partial charge in [-0.1, -0.05) is 30.3 Å². The molecule has 1 aliphatic heterocycles. The fourth-order valence-corrected chi connectivity index (χ4v) is 2.97. The molecule has 1 N–H and O–H groups in total. The van der Waals surface area contributed by atoms with Crippen LogP contribution >= 0.6 is 0 Å². The van der Waals surface area contributed by atoms with E-state index in [2.05, 4.69) is 15.2 Å². The maximum Gasteiger partial charge on any atom is 0.258 e. The number of aryl methyl sites for hydroxylation is 1. The summed E-state index contributed by atoms with van der Waals surface area (Å²) in [6.07, 6.45) is 3.26. The third kappa shape index (κ3) is 2.82. The van der Waals surface area contributed by atoms with Gasteiger partial charge in [-0.05, 0) is 37.6 Å². The average Bonchev–Trinajstić information content (AvgIpc) is 3.20. The highest BCUT2D eigenvalue weighted by atomic mass is 16.1. The second-order valence-electron chi connectivity index (χ2n) is 6.05. The van der Waals surface area contributed by atoms with E-state index < -0.39 is 0 Å². The van der Waals surface area contributed by atoms with E-state index in [1.807, 2.05) is 62.4 Å². The maximum absolute atomic E-state index is 12.5. The summed E-state index contributed by atoms with van der Waals surface area (Å²) in [5, 5.41) is 8.30. The Morgan fingerprint density at radius 3 is 2.65 bits per heavy atom. The van der Waals surface area contributed by atoms with Crippen molar-refractivity contribution in [2.24, 2.45) is 4.99 Å².